The maximum Gasteiger partial charge on any atom is 0.573 e. The molecule has 1 heterocycles. The lowest BCUT2D eigenvalue weighted by atomic mass is 10.1. The normalized spacial score (nSPS) is 11.9. The van der Waals surface area contributed by atoms with Crippen LogP contribution in [0.25, 0.3) is 0 Å². The number of anilines is 1. The summed E-state index contributed by atoms with van der Waals surface area (Å²) in [5, 5.41) is 7.00. The Bertz CT molecular complexity index is 789. The van der Waals surface area contributed by atoms with Gasteiger partial charge < -0.3 is 15.8 Å². The van der Waals surface area contributed by atoms with E-state index in [4.69, 9.17) is 5.73 Å². The quantitative estimate of drug-likeness (QED) is 0.275. The lowest BCUT2D eigenvalue weighted by Gasteiger charge is -2.14. The fourth-order valence-corrected chi connectivity index (χ4v) is 2.60. The van der Waals surface area contributed by atoms with Crippen molar-refractivity contribution in [3.63, 3.8) is 0 Å². The predicted molar refractivity (Wildman–Crippen MR) is 110 cm³/mol. The number of aromatic nitrogens is 2. The van der Waals surface area contributed by atoms with Crippen LogP contribution in [0.4, 0.5) is 18.9 Å². The van der Waals surface area contributed by atoms with Crippen molar-refractivity contribution in [1.29, 1.82) is 0 Å². The Labute approximate surface area is 173 Å². The van der Waals surface area contributed by atoms with Crippen molar-refractivity contribution in [2.45, 2.75) is 33.1 Å². The van der Waals surface area contributed by atoms with Gasteiger partial charge in [-0.05, 0) is 44.4 Å². The van der Waals surface area contributed by atoms with Crippen molar-refractivity contribution < 1.29 is 17.9 Å². The van der Waals surface area contributed by atoms with Gasteiger partial charge in [-0.25, -0.2) is 0 Å². The number of para-hydroxylation sites is 2. The first-order valence-electron chi connectivity index (χ1n) is 8.08. The number of aryl methyl sites for hydroxylation is 2. The number of aliphatic imine (C=N–C) groups is 1. The highest BCUT2D eigenvalue weighted by atomic mass is 127. The van der Waals surface area contributed by atoms with Crippen LogP contribution in [0.15, 0.2) is 29.3 Å². The standard InChI is InChI=1S/C17H22F3N5O.HI/c1-11-13(12(2)25(3)24-11)7-6-10-22-16(21)23-14-8-4-5-9-15(14)26-17(18,19)20;/h4-5,8-9H,6-7,10H2,1-3H3,(H3,21,22,23);1H. The molecule has 0 amide bonds. The third-order valence-corrected chi connectivity index (χ3v) is 3.90. The van der Waals surface area contributed by atoms with Crippen molar-refractivity contribution >= 4 is 35.6 Å². The summed E-state index contributed by atoms with van der Waals surface area (Å²) in [5.41, 5.74) is 9.14. The number of ether oxygens (including phenoxy) is 1. The summed E-state index contributed by atoms with van der Waals surface area (Å²) in [5.74, 6) is -0.331. The number of benzene rings is 1. The highest BCUT2D eigenvalue weighted by Gasteiger charge is 2.32. The summed E-state index contributed by atoms with van der Waals surface area (Å²) in [7, 11) is 1.90. The summed E-state index contributed by atoms with van der Waals surface area (Å²) in [6.07, 6.45) is -3.23. The molecule has 0 aliphatic rings. The predicted octanol–water partition coefficient (Wildman–Crippen LogP) is 3.91. The molecule has 2 rings (SSSR count). The first-order chi connectivity index (χ1) is 12.2. The number of guanidine groups is 1. The number of nitrogens with zero attached hydrogens (tertiary/aromatic N) is 3. The Balaban J connectivity index is 0.00000364. The molecular weight excluding hydrogens is 474 g/mol. The lowest BCUT2D eigenvalue weighted by Crippen LogP contribution is -2.24. The monoisotopic (exact) mass is 497 g/mol. The highest BCUT2D eigenvalue weighted by molar-refractivity contribution is 14.0. The zero-order chi connectivity index (χ0) is 19.3. The Morgan fingerprint density at radius 3 is 2.56 bits per heavy atom. The lowest BCUT2D eigenvalue weighted by molar-refractivity contribution is -0.274. The van der Waals surface area contributed by atoms with E-state index in [0.717, 1.165) is 24.2 Å². The van der Waals surface area contributed by atoms with Gasteiger partial charge in [0.1, 0.15) is 0 Å². The van der Waals surface area contributed by atoms with E-state index in [2.05, 4.69) is 20.1 Å². The summed E-state index contributed by atoms with van der Waals surface area (Å²) < 4.78 is 43.0. The SMILES string of the molecule is Cc1nn(C)c(C)c1CCCN=C(N)Nc1ccccc1OC(F)(F)F.I. The summed E-state index contributed by atoms with van der Waals surface area (Å²) >= 11 is 0. The van der Waals surface area contributed by atoms with Crippen LogP contribution in [0.3, 0.4) is 0 Å². The summed E-state index contributed by atoms with van der Waals surface area (Å²) in [6.45, 7) is 4.40. The molecule has 150 valence electrons. The first kappa shape index (κ1) is 23.1. The molecule has 10 heteroatoms. The molecular formula is C17H23F3IN5O. The van der Waals surface area contributed by atoms with Gasteiger partial charge in [-0.15, -0.1) is 37.1 Å². The maximum absolute atomic E-state index is 12.4. The largest absolute Gasteiger partial charge is 0.573 e. The van der Waals surface area contributed by atoms with E-state index in [1.165, 1.54) is 23.8 Å². The van der Waals surface area contributed by atoms with Gasteiger partial charge in [-0.3, -0.25) is 9.67 Å². The van der Waals surface area contributed by atoms with E-state index in [0.29, 0.717) is 6.54 Å². The van der Waals surface area contributed by atoms with Crippen molar-refractivity contribution in [3.05, 3.63) is 41.2 Å². The topological polar surface area (TPSA) is 77.5 Å². The van der Waals surface area contributed by atoms with Crippen LogP contribution in [0.2, 0.25) is 0 Å². The number of nitrogens with two attached hydrogens (primary N) is 1. The molecule has 0 spiro atoms. The molecule has 2 aromatic rings. The van der Waals surface area contributed by atoms with Gasteiger partial charge >= 0.3 is 6.36 Å². The van der Waals surface area contributed by atoms with Gasteiger partial charge in [-0.2, -0.15) is 5.10 Å². The fraction of sp³-hybridized carbons (Fsp3) is 0.412. The number of alkyl halides is 3. The van der Waals surface area contributed by atoms with Crippen molar-refractivity contribution in [2.75, 3.05) is 11.9 Å². The molecule has 0 aliphatic heterocycles. The average Bonchev–Trinajstić information content (AvgIpc) is 2.78. The third kappa shape index (κ3) is 6.92. The van der Waals surface area contributed by atoms with E-state index >= 15 is 0 Å². The van der Waals surface area contributed by atoms with Crippen molar-refractivity contribution in [3.8, 4) is 5.75 Å². The van der Waals surface area contributed by atoms with E-state index in [1.54, 1.807) is 6.07 Å². The summed E-state index contributed by atoms with van der Waals surface area (Å²) in [4.78, 5) is 4.16. The second kappa shape index (κ2) is 9.81. The van der Waals surface area contributed by atoms with Crippen molar-refractivity contribution in [1.82, 2.24) is 9.78 Å². The van der Waals surface area contributed by atoms with Crippen LogP contribution in [0, 0.1) is 13.8 Å². The molecule has 3 N–H and O–H groups in total. The first-order valence-corrected chi connectivity index (χ1v) is 8.08. The molecule has 27 heavy (non-hydrogen) atoms. The minimum Gasteiger partial charge on any atom is -0.404 e. The van der Waals surface area contributed by atoms with Gasteiger partial charge in [0, 0.05) is 19.3 Å². The van der Waals surface area contributed by atoms with Gasteiger partial charge in [0.25, 0.3) is 0 Å². The zero-order valence-electron chi connectivity index (χ0n) is 15.3. The number of halogens is 4. The molecule has 0 fully saturated rings. The average molecular weight is 497 g/mol. The summed E-state index contributed by atoms with van der Waals surface area (Å²) in [6, 6.07) is 5.66. The minimum absolute atomic E-state index is 0. The molecule has 0 aliphatic carbocycles. The van der Waals surface area contributed by atoms with Gasteiger partial charge in [0.15, 0.2) is 11.7 Å². The van der Waals surface area contributed by atoms with Crippen LogP contribution in [0.5, 0.6) is 5.75 Å². The van der Waals surface area contributed by atoms with Crippen LogP contribution in [0.1, 0.15) is 23.4 Å². The second-order valence-corrected chi connectivity index (χ2v) is 5.81. The number of hydrogen-bond acceptors (Lipinski definition) is 3. The minimum atomic E-state index is -4.77. The van der Waals surface area contributed by atoms with Crippen LogP contribution in [-0.4, -0.2) is 28.6 Å². The molecule has 0 unspecified atom stereocenters. The molecule has 0 bridgehead atoms. The van der Waals surface area contributed by atoms with E-state index in [9.17, 15) is 13.2 Å². The Hall–Kier alpha value is -1.98. The molecule has 0 atom stereocenters. The number of nitrogens with one attached hydrogen (secondary N) is 1. The molecule has 6 nitrogen and oxygen atoms in total. The van der Waals surface area contributed by atoms with Crippen molar-refractivity contribution in [2.24, 2.45) is 17.8 Å². The fourth-order valence-electron chi connectivity index (χ4n) is 2.60. The molecule has 0 saturated carbocycles. The zero-order valence-corrected chi connectivity index (χ0v) is 17.6. The number of rotatable bonds is 6. The second-order valence-electron chi connectivity index (χ2n) is 5.81. The smallest absolute Gasteiger partial charge is 0.404 e. The molecule has 0 radical (unpaired) electrons. The molecule has 0 saturated heterocycles. The Morgan fingerprint density at radius 1 is 1.30 bits per heavy atom. The highest BCUT2D eigenvalue weighted by Crippen LogP contribution is 2.29. The van der Waals surface area contributed by atoms with Crippen LogP contribution in [-0.2, 0) is 13.5 Å². The number of hydrogen-bond donors (Lipinski definition) is 2. The van der Waals surface area contributed by atoms with Gasteiger partial charge in [0.2, 0.25) is 0 Å². The maximum atomic E-state index is 12.4. The van der Waals surface area contributed by atoms with Gasteiger partial charge in [0.05, 0.1) is 11.4 Å². The van der Waals surface area contributed by atoms with Crippen LogP contribution < -0.4 is 15.8 Å². The Morgan fingerprint density at radius 2 is 1.96 bits per heavy atom. The molecule has 1 aromatic carbocycles. The van der Waals surface area contributed by atoms with E-state index in [-0.39, 0.29) is 41.4 Å². The Kier molecular flexibility index (Phi) is 8.38. The van der Waals surface area contributed by atoms with E-state index in [1.807, 2.05) is 25.6 Å². The molecule has 1 aromatic heterocycles. The van der Waals surface area contributed by atoms with E-state index < -0.39 is 6.36 Å². The van der Waals surface area contributed by atoms with Gasteiger partial charge in [-0.1, -0.05) is 12.1 Å². The van der Waals surface area contributed by atoms with Crippen LogP contribution >= 0.6 is 24.0 Å². The third-order valence-electron chi connectivity index (χ3n) is 3.90.